The summed E-state index contributed by atoms with van der Waals surface area (Å²) in [6.07, 6.45) is 2.64. The number of hydrogen-bond donors (Lipinski definition) is 0. The Morgan fingerprint density at radius 1 is 1.21 bits per heavy atom. The van der Waals surface area contributed by atoms with Crippen molar-refractivity contribution in [2.45, 2.75) is 39.5 Å². The summed E-state index contributed by atoms with van der Waals surface area (Å²) < 4.78 is 0. The van der Waals surface area contributed by atoms with Gasteiger partial charge in [0, 0.05) is 38.4 Å². The van der Waals surface area contributed by atoms with Crippen molar-refractivity contribution in [1.29, 1.82) is 0 Å². The van der Waals surface area contributed by atoms with Crippen molar-refractivity contribution >= 4 is 17.7 Å². The number of hydrogen-bond acceptors (Lipinski definition) is 3. The highest BCUT2D eigenvalue weighted by molar-refractivity contribution is 6.03. The number of imide groups is 1. The van der Waals surface area contributed by atoms with E-state index in [-0.39, 0.29) is 43.0 Å². The van der Waals surface area contributed by atoms with Crippen LogP contribution in [0.2, 0.25) is 0 Å². The molecule has 5 nitrogen and oxygen atoms in total. The SMILES string of the molecule is CC1CCN(C(=O)CCN2C(=O)CC(C)C2=O)CC1. The van der Waals surface area contributed by atoms with E-state index in [0.29, 0.717) is 5.92 Å². The molecule has 0 spiro atoms. The number of rotatable bonds is 3. The molecule has 1 unspecified atom stereocenters. The minimum atomic E-state index is -0.224. The molecule has 1 atom stereocenters. The van der Waals surface area contributed by atoms with Crippen molar-refractivity contribution in [3.05, 3.63) is 0 Å². The lowest BCUT2D eigenvalue weighted by atomic mass is 9.99. The van der Waals surface area contributed by atoms with Crippen LogP contribution in [0.1, 0.15) is 39.5 Å². The number of carbonyl (C=O) groups is 3. The average molecular weight is 266 g/mol. The molecule has 0 aliphatic carbocycles. The van der Waals surface area contributed by atoms with Gasteiger partial charge < -0.3 is 4.90 Å². The number of carbonyl (C=O) groups excluding carboxylic acids is 3. The van der Waals surface area contributed by atoms with Gasteiger partial charge in [-0.3, -0.25) is 19.3 Å². The predicted molar refractivity (Wildman–Crippen MR) is 70.1 cm³/mol. The highest BCUT2D eigenvalue weighted by Crippen LogP contribution is 2.20. The fourth-order valence-electron chi connectivity index (χ4n) is 2.71. The molecule has 2 saturated heterocycles. The average Bonchev–Trinajstić information content (AvgIpc) is 2.62. The van der Waals surface area contributed by atoms with E-state index in [1.54, 1.807) is 6.92 Å². The third kappa shape index (κ3) is 3.14. The van der Waals surface area contributed by atoms with Crippen molar-refractivity contribution in [3.63, 3.8) is 0 Å². The Bertz CT molecular complexity index is 386. The van der Waals surface area contributed by atoms with Gasteiger partial charge in [-0.25, -0.2) is 0 Å². The highest BCUT2D eigenvalue weighted by Gasteiger charge is 2.35. The molecular weight excluding hydrogens is 244 g/mol. The van der Waals surface area contributed by atoms with Crippen LogP contribution in [0.15, 0.2) is 0 Å². The van der Waals surface area contributed by atoms with Gasteiger partial charge in [0.15, 0.2) is 0 Å². The van der Waals surface area contributed by atoms with Gasteiger partial charge in [0.1, 0.15) is 0 Å². The standard InChI is InChI=1S/C14H22N2O3/c1-10-3-6-15(7-4-10)12(17)5-8-16-13(18)9-11(2)14(16)19/h10-11H,3-9H2,1-2H3. The zero-order chi connectivity index (χ0) is 14.0. The Kier molecular flexibility index (Phi) is 4.22. The first kappa shape index (κ1) is 14.0. The molecule has 2 fully saturated rings. The van der Waals surface area contributed by atoms with Crippen LogP contribution in [0.5, 0.6) is 0 Å². The van der Waals surface area contributed by atoms with E-state index < -0.39 is 0 Å². The smallest absolute Gasteiger partial charge is 0.232 e. The minimum absolute atomic E-state index is 0.0621. The van der Waals surface area contributed by atoms with Gasteiger partial charge in [0.2, 0.25) is 17.7 Å². The Hall–Kier alpha value is -1.39. The molecule has 5 heteroatoms. The van der Waals surface area contributed by atoms with E-state index in [1.165, 1.54) is 4.90 Å². The molecule has 2 aliphatic rings. The predicted octanol–water partition coefficient (Wildman–Crippen LogP) is 1.03. The molecular formula is C14H22N2O3. The van der Waals surface area contributed by atoms with Gasteiger partial charge >= 0.3 is 0 Å². The summed E-state index contributed by atoms with van der Waals surface area (Å²) >= 11 is 0. The first-order chi connectivity index (χ1) is 8.99. The van der Waals surface area contributed by atoms with Crippen molar-refractivity contribution in [1.82, 2.24) is 9.80 Å². The Balaban J connectivity index is 1.80. The van der Waals surface area contributed by atoms with Crippen LogP contribution in [0.25, 0.3) is 0 Å². The monoisotopic (exact) mass is 266 g/mol. The molecule has 2 heterocycles. The van der Waals surface area contributed by atoms with Crippen LogP contribution in [-0.2, 0) is 14.4 Å². The fraction of sp³-hybridized carbons (Fsp3) is 0.786. The quantitative estimate of drug-likeness (QED) is 0.717. The van der Waals surface area contributed by atoms with Crippen molar-refractivity contribution < 1.29 is 14.4 Å². The summed E-state index contributed by atoms with van der Waals surface area (Å²) in [6.45, 7) is 5.81. The lowest BCUT2D eigenvalue weighted by Crippen LogP contribution is -2.40. The first-order valence-electron chi connectivity index (χ1n) is 7.11. The highest BCUT2D eigenvalue weighted by atomic mass is 16.2. The number of nitrogens with zero attached hydrogens (tertiary/aromatic N) is 2. The molecule has 0 saturated carbocycles. The topological polar surface area (TPSA) is 57.7 Å². The number of likely N-dealkylation sites (tertiary alicyclic amines) is 2. The maximum Gasteiger partial charge on any atom is 0.232 e. The van der Waals surface area contributed by atoms with Gasteiger partial charge in [-0.15, -0.1) is 0 Å². The fourth-order valence-corrected chi connectivity index (χ4v) is 2.71. The van der Waals surface area contributed by atoms with Crippen LogP contribution in [0.3, 0.4) is 0 Å². The molecule has 19 heavy (non-hydrogen) atoms. The molecule has 106 valence electrons. The van der Waals surface area contributed by atoms with Crippen molar-refractivity contribution in [2.75, 3.05) is 19.6 Å². The largest absolute Gasteiger partial charge is 0.343 e. The lowest BCUT2D eigenvalue weighted by Gasteiger charge is -2.30. The van der Waals surface area contributed by atoms with E-state index in [9.17, 15) is 14.4 Å². The van der Waals surface area contributed by atoms with Gasteiger partial charge in [-0.2, -0.15) is 0 Å². The maximum atomic E-state index is 12.0. The molecule has 0 aromatic heterocycles. The third-order valence-electron chi connectivity index (χ3n) is 4.16. The van der Waals surface area contributed by atoms with E-state index in [1.807, 2.05) is 4.90 Å². The second-order valence-corrected chi connectivity index (χ2v) is 5.80. The Morgan fingerprint density at radius 3 is 2.37 bits per heavy atom. The Labute approximate surface area is 113 Å². The van der Waals surface area contributed by atoms with Crippen LogP contribution in [0, 0.1) is 11.8 Å². The van der Waals surface area contributed by atoms with Crippen molar-refractivity contribution in [2.24, 2.45) is 11.8 Å². The van der Waals surface area contributed by atoms with Gasteiger partial charge in [0.25, 0.3) is 0 Å². The summed E-state index contributed by atoms with van der Waals surface area (Å²) in [5, 5.41) is 0. The maximum absolute atomic E-state index is 12.0. The van der Waals surface area contributed by atoms with E-state index in [4.69, 9.17) is 0 Å². The molecule has 0 N–H and O–H groups in total. The number of piperidine rings is 1. The van der Waals surface area contributed by atoms with E-state index in [2.05, 4.69) is 6.92 Å². The summed E-state index contributed by atoms with van der Waals surface area (Å²) in [4.78, 5) is 38.5. The van der Waals surface area contributed by atoms with Crippen LogP contribution < -0.4 is 0 Å². The second kappa shape index (κ2) is 5.72. The second-order valence-electron chi connectivity index (χ2n) is 5.80. The van der Waals surface area contributed by atoms with Gasteiger partial charge in [-0.05, 0) is 18.8 Å². The summed E-state index contributed by atoms with van der Waals surface area (Å²) in [7, 11) is 0. The minimum Gasteiger partial charge on any atom is -0.343 e. The normalized spacial score (nSPS) is 25.3. The molecule has 0 aromatic rings. The Morgan fingerprint density at radius 2 is 1.84 bits per heavy atom. The molecule has 0 bridgehead atoms. The summed E-state index contributed by atoms with van der Waals surface area (Å²) in [5.74, 6) is 0.250. The number of amides is 3. The van der Waals surface area contributed by atoms with Crippen LogP contribution in [-0.4, -0.2) is 47.2 Å². The first-order valence-corrected chi connectivity index (χ1v) is 7.11. The van der Waals surface area contributed by atoms with Crippen molar-refractivity contribution in [3.8, 4) is 0 Å². The van der Waals surface area contributed by atoms with Gasteiger partial charge in [-0.1, -0.05) is 13.8 Å². The molecule has 3 amide bonds. The van der Waals surface area contributed by atoms with Crippen LogP contribution >= 0.6 is 0 Å². The molecule has 2 rings (SSSR count). The summed E-state index contributed by atoms with van der Waals surface area (Å²) in [5.41, 5.74) is 0. The zero-order valence-electron chi connectivity index (χ0n) is 11.7. The third-order valence-corrected chi connectivity index (χ3v) is 4.16. The summed E-state index contributed by atoms with van der Waals surface area (Å²) in [6, 6.07) is 0. The van der Waals surface area contributed by atoms with Crippen LogP contribution in [0.4, 0.5) is 0 Å². The molecule has 0 radical (unpaired) electrons. The molecule has 0 aromatic carbocycles. The van der Waals surface area contributed by atoms with E-state index in [0.717, 1.165) is 25.9 Å². The van der Waals surface area contributed by atoms with E-state index >= 15 is 0 Å². The zero-order valence-corrected chi connectivity index (χ0v) is 11.7. The lowest BCUT2D eigenvalue weighted by molar-refractivity contribution is -0.140. The van der Waals surface area contributed by atoms with Gasteiger partial charge in [0.05, 0.1) is 0 Å². The molecule has 2 aliphatic heterocycles.